The lowest BCUT2D eigenvalue weighted by molar-refractivity contribution is 0.290. The first kappa shape index (κ1) is 15.6. The molecule has 1 N–H and O–H groups in total. The summed E-state index contributed by atoms with van der Waals surface area (Å²) in [6.45, 7) is 7.13. The van der Waals surface area contributed by atoms with Crippen molar-refractivity contribution in [1.29, 1.82) is 0 Å². The minimum absolute atomic E-state index is 0.408. The number of phenols is 1. The van der Waals surface area contributed by atoms with Gasteiger partial charge in [0.25, 0.3) is 0 Å². The van der Waals surface area contributed by atoms with E-state index in [1.54, 1.807) is 0 Å². The molecule has 2 aromatic carbocycles. The van der Waals surface area contributed by atoms with Gasteiger partial charge in [0.05, 0.1) is 0 Å². The van der Waals surface area contributed by atoms with Gasteiger partial charge in [0.15, 0.2) is 0 Å². The van der Waals surface area contributed by atoms with Gasteiger partial charge in [-0.05, 0) is 43.1 Å². The number of nitrogens with zero attached hydrogens (tertiary/aromatic N) is 1. The van der Waals surface area contributed by atoms with Gasteiger partial charge in [-0.2, -0.15) is 0 Å². The predicted octanol–water partition coefficient (Wildman–Crippen LogP) is 4.02. The van der Waals surface area contributed by atoms with Crippen LogP contribution in [0.2, 0.25) is 0 Å². The summed E-state index contributed by atoms with van der Waals surface area (Å²) in [7, 11) is 0. The van der Waals surface area contributed by atoms with E-state index < -0.39 is 0 Å². The van der Waals surface area contributed by atoms with E-state index in [-0.39, 0.29) is 0 Å². The zero-order chi connectivity index (χ0) is 15.1. The summed E-state index contributed by atoms with van der Waals surface area (Å²) in [5, 5.41) is 10.0. The Kier molecular flexibility index (Phi) is 5.82. The van der Waals surface area contributed by atoms with E-state index in [1.807, 2.05) is 18.2 Å². The number of benzene rings is 2. The normalized spacial score (nSPS) is 11.0. The molecule has 2 nitrogen and oxygen atoms in total. The first-order chi connectivity index (χ1) is 10.2. The molecular formula is C19H25NO. The van der Waals surface area contributed by atoms with Crippen molar-refractivity contribution >= 4 is 0 Å². The van der Waals surface area contributed by atoms with Crippen molar-refractivity contribution in [2.24, 2.45) is 0 Å². The summed E-state index contributed by atoms with van der Waals surface area (Å²) in [6, 6.07) is 16.6. The molecule has 0 aliphatic carbocycles. The molecule has 2 heteroatoms. The molecule has 0 amide bonds. The van der Waals surface area contributed by atoms with Crippen molar-refractivity contribution in [1.82, 2.24) is 4.90 Å². The van der Waals surface area contributed by atoms with Gasteiger partial charge in [0, 0.05) is 12.1 Å². The van der Waals surface area contributed by atoms with Crippen molar-refractivity contribution in [3.05, 3.63) is 65.2 Å². The van der Waals surface area contributed by atoms with Crippen molar-refractivity contribution in [2.75, 3.05) is 13.1 Å². The first-order valence-electron chi connectivity index (χ1n) is 7.80. The van der Waals surface area contributed by atoms with Gasteiger partial charge in [0.1, 0.15) is 5.75 Å². The Morgan fingerprint density at radius 2 is 1.52 bits per heavy atom. The average Bonchev–Trinajstić information content (AvgIpc) is 2.53. The van der Waals surface area contributed by atoms with Crippen LogP contribution in [0.4, 0.5) is 0 Å². The summed E-state index contributed by atoms with van der Waals surface area (Å²) >= 11 is 0. The van der Waals surface area contributed by atoms with Gasteiger partial charge in [0.2, 0.25) is 0 Å². The molecule has 112 valence electrons. The summed E-state index contributed by atoms with van der Waals surface area (Å²) in [5.41, 5.74) is 3.68. The van der Waals surface area contributed by atoms with E-state index in [2.05, 4.69) is 49.1 Å². The van der Waals surface area contributed by atoms with E-state index in [0.717, 1.165) is 38.0 Å². The maximum absolute atomic E-state index is 10.0. The van der Waals surface area contributed by atoms with E-state index >= 15 is 0 Å². The van der Waals surface area contributed by atoms with Crippen molar-refractivity contribution in [2.45, 2.75) is 33.2 Å². The highest BCUT2D eigenvalue weighted by Crippen LogP contribution is 2.21. The van der Waals surface area contributed by atoms with Crippen LogP contribution in [0.25, 0.3) is 0 Å². The second-order valence-corrected chi connectivity index (χ2v) is 5.41. The fourth-order valence-corrected chi connectivity index (χ4v) is 2.54. The molecule has 0 saturated carbocycles. The summed E-state index contributed by atoms with van der Waals surface area (Å²) in [6.07, 6.45) is 2.05. The Balaban J connectivity index is 2.04. The molecule has 0 bridgehead atoms. The molecule has 0 unspecified atom stereocenters. The quantitative estimate of drug-likeness (QED) is 0.829. The molecule has 2 aromatic rings. The molecule has 21 heavy (non-hydrogen) atoms. The molecule has 0 fully saturated rings. The van der Waals surface area contributed by atoms with Crippen LogP contribution in [0, 0.1) is 0 Å². The third-order valence-electron chi connectivity index (χ3n) is 3.98. The lowest BCUT2D eigenvalue weighted by Gasteiger charge is -2.19. The lowest BCUT2D eigenvalue weighted by Crippen LogP contribution is -2.22. The SMILES string of the molecule is CCN(CC)Cc1cc(CCc2ccccc2)ccc1O. The molecule has 0 aliphatic heterocycles. The van der Waals surface area contributed by atoms with Crippen molar-refractivity contribution in [3.8, 4) is 5.75 Å². The Labute approximate surface area is 128 Å². The Morgan fingerprint density at radius 1 is 0.857 bits per heavy atom. The summed E-state index contributed by atoms with van der Waals surface area (Å²) < 4.78 is 0. The smallest absolute Gasteiger partial charge is 0.120 e. The number of hydrogen-bond donors (Lipinski definition) is 1. The molecule has 0 aromatic heterocycles. The van der Waals surface area contributed by atoms with Gasteiger partial charge < -0.3 is 5.11 Å². The molecular weight excluding hydrogens is 258 g/mol. The predicted molar refractivity (Wildman–Crippen MR) is 88.6 cm³/mol. The molecule has 0 atom stereocenters. The number of rotatable bonds is 7. The minimum atomic E-state index is 0.408. The lowest BCUT2D eigenvalue weighted by atomic mass is 10.0. The topological polar surface area (TPSA) is 23.5 Å². The van der Waals surface area contributed by atoms with Crippen LogP contribution in [0.15, 0.2) is 48.5 Å². The van der Waals surface area contributed by atoms with Crippen LogP contribution < -0.4 is 0 Å². The fraction of sp³-hybridized carbons (Fsp3) is 0.368. The highest BCUT2D eigenvalue weighted by Gasteiger charge is 2.07. The van der Waals surface area contributed by atoms with Crippen LogP contribution in [0.5, 0.6) is 5.75 Å². The second kappa shape index (κ2) is 7.84. The zero-order valence-corrected chi connectivity index (χ0v) is 13.0. The molecule has 2 rings (SSSR count). The second-order valence-electron chi connectivity index (χ2n) is 5.41. The fourth-order valence-electron chi connectivity index (χ4n) is 2.54. The Bertz CT molecular complexity index is 547. The largest absolute Gasteiger partial charge is 0.508 e. The average molecular weight is 283 g/mol. The highest BCUT2D eigenvalue weighted by molar-refractivity contribution is 5.36. The monoisotopic (exact) mass is 283 g/mol. The van der Waals surface area contributed by atoms with Crippen molar-refractivity contribution < 1.29 is 5.11 Å². The Morgan fingerprint density at radius 3 is 2.19 bits per heavy atom. The molecule has 0 spiro atoms. The van der Waals surface area contributed by atoms with Gasteiger partial charge in [-0.3, -0.25) is 4.90 Å². The van der Waals surface area contributed by atoms with Gasteiger partial charge in [-0.1, -0.05) is 56.3 Å². The molecule has 0 aliphatic rings. The van der Waals surface area contributed by atoms with Crippen molar-refractivity contribution in [3.63, 3.8) is 0 Å². The van der Waals surface area contributed by atoms with Gasteiger partial charge >= 0.3 is 0 Å². The summed E-state index contributed by atoms with van der Waals surface area (Å²) in [4.78, 5) is 2.32. The number of hydrogen-bond acceptors (Lipinski definition) is 2. The maximum Gasteiger partial charge on any atom is 0.120 e. The molecule has 0 heterocycles. The van der Waals surface area contributed by atoms with E-state index in [4.69, 9.17) is 0 Å². The zero-order valence-electron chi connectivity index (χ0n) is 13.0. The standard InChI is InChI=1S/C19H25NO/c1-3-20(4-2)15-18-14-17(12-13-19(18)21)11-10-16-8-6-5-7-9-16/h5-9,12-14,21H,3-4,10-11,15H2,1-2H3. The maximum atomic E-state index is 10.0. The van der Waals surface area contributed by atoms with Crippen LogP contribution in [-0.2, 0) is 19.4 Å². The van der Waals surface area contributed by atoms with E-state index in [0.29, 0.717) is 5.75 Å². The number of phenolic OH excluding ortho intramolecular Hbond substituents is 1. The molecule has 0 saturated heterocycles. The van der Waals surface area contributed by atoms with E-state index in [9.17, 15) is 5.11 Å². The van der Waals surface area contributed by atoms with Gasteiger partial charge in [-0.15, -0.1) is 0 Å². The highest BCUT2D eigenvalue weighted by atomic mass is 16.3. The van der Waals surface area contributed by atoms with Crippen LogP contribution >= 0.6 is 0 Å². The third-order valence-corrected chi connectivity index (χ3v) is 3.98. The number of aryl methyl sites for hydroxylation is 2. The molecule has 0 radical (unpaired) electrons. The minimum Gasteiger partial charge on any atom is -0.508 e. The third kappa shape index (κ3) is 4.61. The first-order valence-corrected chi connectivity index (χ1v) is 7.80. The van der Waals surface area contributed by atoms with Gasteiger partial charge in [-0.25, -0.2) is 0 Å². The summed E-state index contributed by atoms with van der Waals surface area (Å²) in [5.74, 6) is 0.408. The van der Waals surface area contributed by atoms with Crippen LogP contribution in [0.3, 0.4) is 0 Å². The van der Waals surface area contributed by atoms with E-state index in [1.165, 1.54) is 11.1 Å². The van der Waals surface area contributed by atoms with Crippen LogP contribution in [0.1, 0.15) is 30.5 Å². The number of aromatic hydroxyl groups is 1. The van der Waals surface area contributed by atoms with Crippen LogP contribution in [-0.4, -0.2) is 23.1 Å². The Hall–Kier alpha value is -1.80.